The van der Waals surface area contributed by atoms with E-state index >= 15 is 0 Å². The third kappa shape index (κ3) is 2.33. The van der Waals surface area contributed by atoms with E-state index in [1.165, 1.54) is 12.7 Å². The maximum absolute atomic E-state index is 11.0. The molecule has 1 aromatic carbocycles. The summed E-state index contributed by atoms with van der Waals surface area (Å²) in [5.41, 5.74) is 1.74. The van der Waals surface area contributed by atoms with Crippen LogP contribution in [0.1, 0.15) is 24.2 Å². The normalized spacial score (nSPS) is 12.2. The first kappa shape index (κ1) is 10.7. The molecule has 0 aromatic heterocycles. The minimum Gasteiger partial charge on any atom is -0.467 e. The first-order valence-corrected chi connectivity index (χ1v) is 4.53. The van der Waals surface area contributed by atoms with Gasteiger partial charge in [-0.3, -0.25) is 0 Å². The molecule has 1 N–H and O–H groups in total. The predicted octanol–water partition coefficient (Wildman–Crippen LogP) is 1.46. The Bertz CT molecular complexity index is 303. The van der Waals surface area contributed by atoms with Crippen LogP contribution < -0.4 is 0 Å². The van der Waals surface area contributed by atoms with Gasteiger partial charge in [0.15, 0.2) is 6.10 Å². The molecule has 0 heterocycles. The molecule has 0 amide bonds. The summed E-state index contributed by atoms with van der Waals surface area (Å²) < 4.78 is 4.43. The second-order valence-electron chi connectivity index (χ2n) is 3.02. The molecule has 1 atom stereocenters. The SMILES string of the molecule is CCc1ccc([C@H](O)C(=O)OC)cc1. The Morgan fingerprint density at radius 2 is 2.00 bits per heavy atom. The monoisotopic (exact) mass is 194 g/mol. The van der Waals surface area contributed by atoms with Crippen LogP contribution in [0, 0.1) is 0 Å². The highest BCUT2D eigenvalue weighted by Gasteiger charge is 2.16. The molecule has 0 bridgehead atoms. The summed E-state index contributed by atoms with van der Waals surface area (Å²) in [5, 5.41) is 9.48. The van der Waals surface area contributed by atoms with E-state index in [0.717, 1.165) is 6.42 Å². The molecular formula is C11H14O3. The van der Waals surface area contributed by atoms with E-state index in [2.05, 4.69) is 4.74 Å². The molecule has 0 radical (unpaired) electrons. The fraction of sp³-hybridized carbons (Fsp3) is 0.364. The molecule has 0 saturated carbocycles. The molecule has 0 spiro atoms. The standard InChI is InChI=1S/C11H14O3/c1-3-8-4-6-9(7-5-8)10(12)11(13)14-2/h4-7,10,12H,3H2,1-2H3/t10-/m0/s1. The van der Waals surface area contributed by atoms with Gasteiger partial charge in [-0.05, 0) is 17.5 Å². The lowest BCUT2D eigenvalue weighted by Crippen LogP contribution is -2.13. The van der Waals surface area contributed by atoms with Crippen LogP contribution in [0.25, 0.3) is 0 Å². The maximum atomic E-state index is 11.0. The van der Waals surface area contributed by atoms with Gasteiger partial charge in [0, 0.05) is 0 Å². The van der Waals surface area contributed by atoms with Crippen molar-refractivity contribution in [2.24, 2.45) is 0 Å². The second kappa shape index (κ2) is 4.77. The number of rotatable bonds is 3. The summed E-state index contributed by atoms with van der Waals surface area (Å²) in [4.78, 5) is 11.0. The topological polar surface area (TPSA) is 46.5 Å². The largest absolute Gasteiger partial charge is 0.467 e. The Morgan fingerprint density at radius 3 is 2.43 bits per heavy atom. The number of esters is 1. The van der Waals surface area contributed by atoms with Crippen LogP contribution in [-0.2, 0) is 16.0 Å². The average Bonchev–Trinajstić information content (AvgIpc) is 2.27. The zero-order valence-electron chi connectivity index (χ0n) is 8.36. The highest BCUT2D eigenvalue weighted by molar-refractivity contribution is 5.76. The lowest BCUT2D eigenvalue weighted by Gasteiger charge is -2.08. The Morgan fingerprint density at radius 1 is 1.43 bits per heavy atom. The van der Waals surface area contributed by atoms with Gasteiger partial charge in [-0.2, -0.15) is 0 Å². The zero-order chi connectivity index (χ0) is 10.6. The van der Waals surface area contributed by atoms with E-state index in [1.807, 2.05) is 19.1 Å². The maximum Gasteiger partial charge on any atom is 0.339 e. The molecule has 3 nitrogen and oxygen atoms in total. The van der Waals surface area contributed by atoms with Gasteiger partial charge in [0.25, 0.3) is 0 Å². The highest BCUT2D eigenvalue weighted by atomic mass is 16.5. The molecule has 14 heavy (non-hydrogen) atoms. The van der Waals surface area contributed by atoms with E-state index in [1.54, 1.807) is 12.1 Å². The van der Waals surface area contributed by atoms with Gasteiger partial charge in [0.05, 0.1) is 7.11 Å². The zero-order valence-corrected chi connectivity index (χ0v) is 8.36. The number of hydrogen-bond donors (Lipinski definition) is 1. The number of methoxy groups -OCH3 is 1. The Balaban J connectivity index is 2.81. The van der Waals surface area contributed by atoms with Gasteiger partial charge in [-0.25, -0.2) is 4.79 Å². The van der Waals surface area contributed by atoms with Gasteiger partial charge in [0.1, 0.15) is 0 Å². The van der Waals surface area contributed by atoms with Crippen LogP contribution in [-0.4, -0.2) is 18.2 Å². The van der Waals surface area contributed by atoms with Gasteiger partial charge in [-0.1, -0.05) is 31.2 Å². The van der Waals surface area contributed by atoms with E-state index in [0.29, 0.717) is 5.56 Å². The lowest BCUT2D eigenvalue weighted by atomic mass is 10.1. The Kier molecular flexibility index (Phi) is 3.65. The molecule has 1 rings (SSSR count). The number of carbonyl (C=O) groups excluding carboxylic acids is 1. The highest BCUT2D eigenvalue weighted by Crippen LogP contribution is 2.15. The molecule has 0 unspecified atom stereocenters. The van der Waals surface area contributed by atoms with Crippen LogP contribution in [0.3, 0.4) is 0 Å². The molecule has 0 aliphatic heterocycles. The quantitative estimate of drug-likeness (QED) is 0.741. The summed E-state index contributed by atoms with van der Waals surface area (Å²) in [5.74, 6) is -0.630. The fourth-order valence-electron chi connectivity index (χ4n) is 1.18. The Hall–Kier alpha value is -1.35. The second-order valence-corrected chi connectivity index (χ2v) is 3.02. The van der Waals surface area contributed by atoms with Gasteiger partial charge in [-0.15, -0.1) is 0 Å². The van der Waals surface area contributed by atoms with Crippen molar-refractivity contribution in [1.82, 2.24) is 0 Å². The van der Waals surface area contributed by atoms with Crippen LogP contribution in [0.2, 0.25) is 0 Å². The van der Waals surface area contributed by atoms with E-state index in [9.17, 15) is 9.90 Å². The van der Waals surface area contributed by atoms with E-state index < -0.39 is 12.1 Å². The van der Waals surface area contributed by atoms with Crippen LogP contribution in [0.15, 0.2) is 24.3 Å². The molecule has 0 aliphatic carbocycles. The van der Waals surface area contributed by atoms with Crippen molar-refractivity contribution in [2.45, 2.75) is 19.4 Å². The first-order chi connectivity index (χ1) is 6.69. The minimum absolute atomic E-state index is 0.564. The number of ether oxygens (including phenoxy) is 1. The number of benzene rings is 1. The summed E-state index contributed by atoms with van der Waals surface area (Å²) in [7, 11) is 1.26. The summed E-state index contributed by atoms with van der Waals surface area (Å²) in [6.07, 6.45) is -0.236. The number of aliphatic hydroxyl groups is 1. The van der Waals surface area contributed by atoms with Crippen molar-refractivity contribution < 1.29 is 14.6 Å². The van der Waals surface area contributed by atoms with Gasteiger partial charge >= 0.3 is 5.97 Å². The van der Waals surface area contributed by atoms with Crippen LogP contribution in [0.5, 0.6) is 0 Å². The molecule has 3 heteroatoms. The molecule has 0 aliphatic rings. The van der Waals surface area contributed by atoms with Crippen LogP contribution >= 0.6 is 0 Å². The molecule has 1 aromatic rings. The number of aliphatic hydroxyl groups excluding tert-OH is 1. The third-order valence-electron chi connectivity index (χ3n) is 2.13. The molecule has 0 saturated heterocycles. The third-order valence-corrected chi connectivity index (χ3v) is 2.13. The van der Waals surface area contributed by atoms with Crippen molar-refractivity contribution in [3.63, 3.8) is 0 Å². The number of carbonyl (C=O) groups is 1. The predicted molar refractivity (Wildman–Crippen MR) is 52.8 cm³/mol. The van der Waals surface area contributed by atoms with Crippen LogP contribution in [0.4, 0.5) is 0 Å². The van der Waals surface area contributed by atoms with Gasteiger partial charge < -0.3 is 9.84 Å². The van der Waals surface area contributed by atoms with E-state index in [4.69, 9.17) is 0 Å². The van der Waals surface area contributed by atoms with E-state index in [-0.39, 0.29) is 0 Å². The summed E-state index contributed by atoms with van der Waals surface area (Å²) >= 11 is 0. The number of hydrogen-bond acceptors (Lipinski definition) is 3. The molecular weight excluding hydrogens is 180 g/mol. The van der Waals surface area contributed by atoms with Crippen molar-refractivity contribution in [3.05, 3.63) is 35.4 Å². The fourth-order valence-corrected chi connectivity index (χ4v) is 1.18. The summed E-state index contributed by atoms with van der Waals surface area (Å²) in [6, 6.07) is 7.25. The lowest BCUT2D eigenvalue weighted by molar-refractivity contribution is -0.150. The molecule has 76 valence electrons. The first-order valence-electron chi connectivity index (χ1n) is 4.53. The van der Waals surface area contributed by atoms with Crippen molar-refractivity contribution in [1.29, 1.82) is 0 Å². The van der Waals surface area contributed by atoms with Crippen molar-refractivity contribution in [2.75, 3.05) is 7.11 Å². The number of aryl methyl sites for hydroxylation is 1. The average molecular weight is 194 g/mol. The Labute approximate surface area is 83.3 Å². The molecule has 0 fully saturated rings. The smallest absolute Gasteiger partial charge is 0.339 e. The van der Waals surface area contributed by atoms with Gasteiger partial charge in [0.2, 0.25) is 0 Å². The summed E-state index contributed by atoms with van der Waals surface area (Å²) in [6.45, 7) is 2.05. The van der Waals surface area contributed by atoms with Crippen molar-refractivity contribution >= 4 is 5.97 Å². The van der Waals surface area contributed by atoms with Crippen molar-refractivity contribution in [3.8, 4) is 0 Å². The minimum atomic E-state index is -1.18.